The monoisotopic (exact) mass is 543 g/mol. The summed E-state index contributed by atoms with van der Waals surface area (Å²) in [7, 11) is 1.32. The zero-order valence-corrected chi connectivity index (χ0v) is 21.2. The molecular formula is C27H29NO11. The molecule has 12 nitrogen and oxygen atoms in total. The summed E-state index contributed by atoms with van der Waals surface area (Å²) in [6, 6.07) is 3.66. The lowest BCUT2D eigenvalue weighted by molar-refractivity contribution is -0.243. The van der Waals surface area contributed by atoms with Crippen LogP contribution < -0.4 is 10.5 Å². The molecule has 0 spiro atoms. The zero-order valence-electron chi connectivity index (χ0n) is 21.2. The van der Waals surface area contributed by atoms with Crippen molar-refractivity contribution in [1.29, 1.82) is 0 Å². The van der Waals surface area contributed by atoms with Gasteiger partial charge >= 0.3 is 0 Å². The number of hydrogen-bond acceptors (Lipinski definition) is 12. The molecule has 0 aromatic heterocycles. The van der Waals surface area contributed by atoms with Crippen LogP contribution in [0.25, 0.3) is 0 Å². The third-order valence-electron chi connectivity index (χ3n) is 7.84. The highest BCUT2D eigenvalue weighted by Crippen LogP contribution is 2.52. The summed E-state index contributed by atoms with van der Waals surface area (Å²) in [4.78, 5) is 39.7. The number of rotatable bonds is 5. The van der Waals surface area contributed by atoms with Gasteiger partial charge < -0.3 is 45.5 Å². The third kappa shape index (κ3) is 4.11. The van der Waals surface area contributed by atoms with Gasteiger partial charge in [-0.25, -0.2) is 0 Å². The van der Waals surface area contributed by atoms with Crippen molar-refractivity contribution >= 4 is 17.3 Å². The van der Waals surface area contributed by atoms with Gasteiger partial charge in [-0.05, 0) is 13.0 Å². The number of ether oxygens (including phenoxy) is 3. The molecule has 39 heavy (non-hydrogen) atoms. The van der Waals surface area contributed by atoms with Crippen LogP contribution in [0.2, 0.25) is 0 Å². The first-order chi connectivity index (χ1) is 18.4. The van der Waals surface area contributed by atoms with E-state index < -0.39 is 95.7 Å². The van der Waals surface area contributed by atoms with Crippen molar-refractivity contribution in [3.05, 3.63) is 51.6 Å². The highest BCUT2D eigenvalue weighted by atomic mass is 16.7. The van der Waals surface area contributed by atoms with E-state index in [1.54, 1.807) is 6.92 Å². The topological polar surface area (TPSA) is 206 Å². The Morgan fingerprint density at radius 2 is 1.85 bits per heavy atom. The summed E-state index contributed by atoms with van der Waals surface area (Å²) >= 11 is 0. The highest BCUT2D eigenvalue weighted by Gasteiger charge is 2.50. The van der Waals surface area contributed by atoms with Gasteiger partial charge in [0.25, 0.3) is 0 Å². The summed E-state index contributed by atoms with van der Waals surface area (Å²) < 4.78 is 17.0. The van der Waals surface area contributed by atoms with E-state index in [0.29, 0.717) is 0 Å². The van der Waals surface area contributed by atoms with Gasteiger partial charge in [0.05, 0.1) is 48.2 Å². The summed E-state index contributed by atoms with van der Waals surface area (Å²) in [6.45, 7) is 0.601. The van der Waals surface area contributed by atoms with E-state index in [2.05, 4.69) is 0 Å². The average molecular weight is 544 g/mol. The van der Waals surface area contributed by atoms with Crippen molar-refractivity contribution in [2.75, 3.05) is 13.7 Å². The number of fused-ring (bicyclic) bond motifs is 3. The Morgan fingerprint density at radius 1 is 1.15 bits per heavy atom. The van der Waals surface area contributed by atoms with Crippen LogP contribution in [0.3, 0.4) is 0 Å². The first-order valence-corrected chi connectivity index (χ1v) is 12.4. The second kappa shape index (κ2) is 9.66. The van der Waals surface area contributed by atoms with Gasteiger partial charge in [-0.2, -0.15) is 0 Å². The van der Waals surface area contributed by atoms with Crippen LogP contribution >= 0.6 is 0 Å². The van der Waals surface area contributed by atoms with Crippen LogP contribution in [-0.4, -0.2) is 86.7 Å². The molecule has 1 heterocycles. The number of carbonyl (C=O) groups is 3. The Morgan fingerprint density at radius 3 is 2.49 bits per heavy atom. The number of aromatic hydroxyl groups is 2. The molecule has 1 aliphatic heterocycles. The molecule has 208 valence electrons. The number of aliphatic hydroxyl groups excluding tert-OH is 2. The standard InChI is InChI=1S/C27H29NO11/c1-10-22(28)13(30)6-17(38-10)39-15-8-27(36,16(31)9-29)7-12-19(15)26(35)21-20(24(12)33)23(32)11-4-3-5-14(37-2)18(11)25(21)34/h3-5,10,13,15,17,22,29-30,33,35-36H,6-9,28H2,1-2H3/t10-,13-,15?,17-,22+,27?/m0/s1. The Kier molecular flexibility index (Phi) is 6.74. The van der Waals surface area contributed by atoms with Crippen molar-refractivity contribution in [2.24, 2.45) is 5.73 Å². The minimum atomic E-state index is -2.25. The van der Waals surface area contributed by atoms with Crippen molar-refractivity contribution < 1.29 is 54.1 Å². The smallest absolute Gasteiger partial charge is 0.202 e. The summed E-state index contributed by atoms with van der Waals surface area (Å²) in [5, 5.41) is 53.9. The van der Waals surface area contributed by atoms with Crippen LogP contribution in [0.1, 0.15) is 68.8 Å². The second-order valence-corrected chi connectivity index (χ2v) is 10.2. The molecule has 1 fully saturated rings. The molecule has 0 saturated carbocycles. The van der Waals surface area contributed by atoms with Crippen molar-refractivity contribution in [2.45, 2.75) is 62.4 Å². The molecule has 0 bridgehead atoms. The molecule has 1 saturated heterocycles. The van der Waals surface area contributed by atoms with Crippen molar-refractivity contribution in [3.8, 4) is 17.2 Å². The van der Waals surface area contributed by atoms with Gasteiger partial charge in [-0.1, -0.05) is 12.1 Å². The number of ketones is 3. The molecule has 5 rings (SSSR count). The maximum absolute atomic E-state index is 13.6. The number of hydrogen-bond donors (Lipinski definition) is 6. The van der Waals surface area contributed by atoms with E-state index in [-0.39, 0.29) is 34.4 Å². The number of aliphatic hydroxyl groups is 3. The first-order valence-electron chi connectivity index (χ1n) is 12.4. The molecule has 2 aromatic rings. The lowest BCUT2D eigenvalue weighted by Gasteiger charge is -2.42. The number of phenolic OH excluding ortho intramolecular Hbond substituents is 2. The van der Waals surface area contributed by atoms with Gasteiger partial charge in [-0.15, -0.1) is 0 Å². The fourth-order valence-electron chi connectivity index (χ4n) is 5.72. The fourth-order valence-corrected chi connectivity index (χ4v) is 5.72. The molecule has 6 atom stereocenters. The number of phenols is 2. The van der Waals surface area contributed by atoms with Gasteiger partial charge in [0.1, 0.15) is 29.5 Å². The largest absolute Gasteiger partial charge is 0.507 e. The lowest BCUT2D eigenvalue weighted by Crippen LogP contribution is -2.53. The highest BCUT2D eigenvalue weighted by molar-refractivity contribution is 6.31. The molecule has 3 aliphatic rings. The Hall–Kier alpha value is -3.39. The van der Waals surface area contributed by atoms with Gasteiger partial charge in [0, 0.05) is 36.0 Å². The van der Waals surface area contributed by atoms with Crippen molar-refractivity contribution in [3.63, 3.8) is 0 Å². The van der Waals surface area contributed by atoms with E-state index in [9.17, 15) is 39.9 Å². The van der Waals surface area contributed by atoms with Crippen LogP contribution in [0.15, 0.2) is 18.2 Å². The summed E-state index contributed by atoms with van der Waals surface area (Å²) in [5.41, 5.74) is 2.25. The minimum Gasteiger partial charge on any atom is -0.507 e. The molecule has 12 heteroatoms. The maximum Gasteiger partial charge on any atom is 0.202 e. The fraction of sp³-hybridized carbons (Fsp3) is 0.444. The minimum absolute atomic E-state index is 0.0540. The van der Waals surface area contributed by atoms with E-state index in [0.717, 1.165) is 0 Å². The first kappa shape index (κ1) is 27.2. The second-order valence-electron chi connectivity index (χ2n) is 10.2. The Bertz CT molecular complexity index is 1380. The van der Waals surface area contributed by atoms with E-state index in [1.807, 2.05) is 0 Å². The molecule has 2 unspecified atom stereocenters. The van der Waals surface area contributed by atoms with Gasteiger partial charge in [0.2, 0.25) is 5.78 Å². The molecular weight excluding hydrogens is 514 g/mol. The van der Waals surface area contributed by atoms with Crippen molar-refractivity contribution in [1.82, 2.24) is 0 Å². The van der Waals surface area contributed by atoms with Crippen LogP contribution in [0, 0.1) is 0 Å². The lowest BCUT2D eigenvalue weighted by atomic mass is 9.72. The summed E-state index contributed by atoms with van der Waals surface area (Å²) in [5.74, 6) is -3.80. The normalized spacial score (nSPS) is 29.8. The third-order valence-corrected chi connectivity index (χ3v) is 7.84. The molecule has 2 aromatic carbocycles. The number of carbonyl (C=O) groups excluding carboxylic acids is 3. The number of methoxy groups -OCH3 is 1. The predicted molar refractivity (Wildman–Crippen MR) is 132 cm³/mol. The molecule has 0 radical (unpaired) electrons. The number of nitrogens with two attached hydrogens (primary N) is 1. The Labute approximate surface area is 222 Å². The van der Waals surface area contributed by atoms with E-state index in [1.165, 1.54) is 25.3 Å². The Balaban J connectivity index is 1.69. The maximum atomic E-state index is 13.6. The SMILES string of the molecule is COc1cccc2c1C(=O)c1c(O)c3c(c(O)c1C2=O)CC(O)(C(=O)CO)CC3O[C@H]1C[C@H](O)[C@H](N)[C@H](C)O1. The molecule has 0 amide bonds. The predicted octanol–water partition coefficient (Wildman–Crippen LogP) is 0.00130. The van der Waals surface area contributed by atoms with Crippen LogP contribution in [-0.2, 0) is 20.7 Å². The van der Waals surface area contributed by atoms with Crippen LogP contribution in [0.5, 0.6) is 17.2 Å². The molecule has 2 aliphatic carbocycles. The van der Waals surface area contributed by atoms with Gasteiger partial charge in [0.15, 0.2) is 17.9 Å². The number of benzene rings is 2. The van der Waals surface area contributed by atoms with E-state index in [4.69, 9.17) is 19.9 Å². The average Bonchev–Trinajstić information content (AvgIpc) is 2.90. The van der Waals surface area contributed by atoms with Crippen LogP contribution in [0.4, 0.5) is 0 Å². The van der Waals surface area contributed by atoms with E-state index >= 15 is 0 Å². The van der Waals surface area contributed by atoms with Gasteiger partial charge in [-0.3, -0.25) is 14.4 Å². The quantitative estimate of drug-likeness (QED) is 0.235. The molecule has 7 N–H and O–H groups in total. The number of Topliss-reactive ketones (excluding diaryl/α,β-unsaturated/α-hetero) is 1. The summed E-state index contributed by atoms with van der Waals surface area (Å²) in [6.07, 6.45) is -5.23. The zero-order chi connectivity index (χ0) is 28.4.